The van der Waals surface area contributed by atoms with E-state index in [1.165, 1.54) is 18.3 Å². The van der Waals surface area contributed by atoms with Crippen LogP contribution in [0.3, 0.4) is 0 Å². The van der Waals surface area contributed by atoms with Crippen molar-refractivity contribution in [3.63, 3.8) is 0 Å². The van der Waals surface area contributed by atoms with Crippen LogP contribution in [0, 0.1) is 0 Å². The Balaban J connectivity index is 1.80. The van der Waals surface area contributed by atoms with Crippen LogP contribution in [0.15, 0.2) is 59.7 Å². The average Bonchev–Trinajstić information content (AvgIpc) is 2.61. The molecule has 128 valence electrons. The summed E-state index contributed by atoms with van der Waals surface area (Å²) in [4.78, 5) is 34.3. The monoisotopic (exact) mass is 338 g/mol. The van der Waals surface area contributed by atoms with Crippen molar-refractivity contribution < 1.29 is 19.5 Å². The Bertz CT molecular complexity index is 788. The molecule has 7 heteroatoms. The summed E-state index contributed by atoms with van der Waals surface area (Å²) in [5.41, 5.74) is 3.35. The van der Waals surface area contributed by atoms with E-state index in [4.69, 9.17) is 0 Å². The lowest BCUT2D eigenvalue weighted by atomic mass is 10.1. The second kappa shape index (κ2) is 8.97. The summed E-state index contributed by atoms with van der Waals surface area (Å²) in [5.74, 6) is -2.38. The molecular weight excluding hydrogens is 322 g/mol. The number of amides is 2. The summed E-state index contributed by atoms with van der Waals surface area (Å²) < 4.78 is 0. The van der Waals surface area contributed by atoms with Crippen molar-refractivity contribution in [2.24, 2.45) is 5.10 Å². The zero-order valence-electron chi connectivity index (χ0n) is 13.3. The number of benzene rings is 2. The largest absolute Gasteiger partial charge is 0.545 e. The van der Waals surface area contributed by atoms with E-state index < -0.39 is 17.8 Å². The predicted octanol–water partition coefficient (Wildman–Crippen LogP) is 0.207. The maximum atomic E-state index is 11.7. The minimum atomic E-state index is -1.34. The van der Waals surface area contributed by atoms with Crippen molar-refractivity contribution >= 4 is 24.0 Å². The number of hydrazone groups is 1. The van der Waals surface area contributed by atoms with Crippen molar-refractivity contribution in [1.29, 1.82) is 0 Å². The first kappa shape index (κ1) is 17.9. The molecule has 0 aliphatic rings. The van der Waals surface area contributed by atoms with Gasteiger partial charge in [0.1, 0.15) is 6.42 Å². The highest BCUT2D eigenvalue weighted by molar-refractivity contribution is 5.99. The first-order valence-electron chi connectivity index (χ1n) is 7.49. The third-order valence-electron chi connectivity index (χ3n) is 3.23. The molecule has 0 saturated carbocycles. The van der Waals surface area contributed by atoms with Gasteiger partial charge in [0.25, 0.3) is 0 Å². The van der Waals surface area contributed by atoms with Gasteiger partial charge in [-0.05, 0) is 5.56 Å². The van der Waals surface area contributed by atoms with Crippen LogP contribution in [0.1, 0.15) is 27.9 Å². The van der Waals surface area contributed by atoms with Gasteiger partial charge in [0.15, 0.2) is 0 Å². The molecule has 0 fully saturated rings. The van der Waals surface area contributed by atoms with Gasteiger partial charge in [-0.15, -0.1) is 0 Å². The lowest BCUT2D eigenvalue weighted by Crippen LogP contribution is -2.29. The number of hydrogen-bond acceptors (Lipinski definition) is 5. The van der Waals surface area contributed by atoms with Gasteiger partial charge >= 0.3 is 0 Å². The molecule has 2 N–H and O–H groups in total. The van der Waals surface area contributed by atoms with Crippen LogP contribution < -0.4 is 15.8 Å². The second-order valence-electron chi connectivity index (χ2n) is 5.11. The number of hydrogen-bond donors (Lipinski definition) is 2. The standard InChI is InChI=1S/C18H17N3O4/c22-16(19-11-13-6-2-1-3-7-13)10-17(23)21-20-12-14-8-4-5-9-15(14)18(24)25/h1-9,12H,10-11H2,(H,19,22)(H,21,23)(H,24,25)/p-1/b20-12+. The fraction of sp³-hybridized carbons (Fsp3) is 0.111. The first-order chi connectivity index (χ1) is 12.1. The highest BCUT2D eigenvalue weighted by Crippen LogP contribution is 2.04. The van der Waals surface area contributed by atoms with Gasteiger partial charge in [-0.1, -0.05) is 54.6 Å². The second-order valence-corrected chi connectivity index (χ2v) is 5.11. The molecule has 0 heterocycles. The number of aromatic carboxylic acids is 1. The van der Waals surface area contributed by atoms with Crippen molar-refractivity contribution in [3.8, 4) is 0 Å². The van der Waals surface area contributed by atoms with E-state index in [0.29, 0.717) is 6.54 Å². The molecule has 7 nitrogen and oxygen atoms in total. The van der Waals surface area contributed by atoms with E-state index in [2.05, 4.69) is 15.8 Å². The Kier molecular flexibility index (Phi) is 6.41. The van der Waals surface area contributed by atoms with Gasteiger partial charge in [-0.3, -0.25) is 9.59 Å². The van der Waals surface area contributed by atoms with Gasteiger partial charge in [-0.2, -0.15) is 5.10 Å². The molecule has 2 amide bonds. The molecule has 0 radical (unpaired) electrons. The molecule has 2 aromatic rings. The number of carbonyl (C=O) groups is 3. The van der Waals surface area contributed by atoms with Crippen molar-refractivity contribution in [3.05, 3.63) is 71.3 Å². The molecule has 2 rings (SSSR count). The van der Waals surface area contributed by atoms with Crippen LogP contribution >= 0.6 is 0 Å². The summed E-state index contributed by atoms with van der Waals surface area (Å²) in [6.45, 7) is 0.329. The Morgan fingerprint density at radius 3 is 2.36 bits per heavy atom. The van der Waals surface area contributed by atoms with E-state index >= 15 is 0 Å². The summed E-state index contributed by atoms with van der Waals surface area (Å²) in [6.07, 6.45) is 0.803. The summed E-state index contributed by atoms with van der Waals surface area (Å²) >= 11 is 0. The Labute approximate surface area is 144 Å². The molecular formula is C18H16N3O4-. The molecule has 0 aromatic heterocycles. The van der Waals surface area contributed by atoms with Crippen LogP contribution in [-0.2, 0) is 16.1 Å². The highest BCUT2D eigenvalue weighted by Gasteiger charge is 2.08. The van der Waals surface area contributed by atoms with Gasteiger partial charge in [0.2, 0.25) is 11.8 Å². The number of carbonyl (C=O) groups excluding carboxylic acids is 3. The molecule has 0 aliphatic carbocycles. The average molecular weight is 338 g/mol. The summed E-state index contributed by atoms with van der Waals surface area (Å²) in [7, 11) is 0. The Hall–Kier alpha value is -3.48. The lowest BCUT2D eigenvalue weighted by Gasteiger charge is -2.06. The smallest absolute Gasteiger partial charge is 0.249 e. The number of nitrogens with zero attached hydrogens (tertiary/aromatic N) is 1. The molecule has 0 bridgehead atoms. The van der Waals surface area contributed by atoms with Crippen LogP contribution in [-0.4, -0.2) is 24.0 Å². The molecule has 0 atom stereocenters. The van der Waals surface area contributed by atoms with Crippen LogP contribution in [0.4, 0.5) is 0 Å². The van der Waals surface area contributed by atoms with Crippen molar-refractivity contribution in [1.82, 2.24) is 10.7 Å². The highest BCUT2D eigenvalue weighted by atomic mass is 16.4. The molecule has 0 aliphatic heterocycles. The number of carboxylic acids is 1. The van der Waals surface area contributed by atoms with E-state index in [0.717, 1.165) is 5.56 Å². The SMILES string of the molecule is O=C(CC(=O)N/N=C/c1ccccc1C(=O)[O-])NCc1ccccc1. The fourth-order valence-corrected chi connectivity index (χ4v) is 2.01. The Morgan fingerprint density at radius 1 is 0.960 bits per heavy atom. The normalized spacial score (nSPS) is 10.4. The Morgan fingerprint density at radius 2 is 1.64 bits per heavy atom. The molecule has 25 heavy (non-hydrogen) atoms. The van der Waals surface area contributed by atoms with Crippen LogP contribution in [0.25, 0.3) is 0 Å². The summed E-state index contributed by atoms with van der Waals surface area (Å²) in [6, 6.07) is 15.4. The van der Waals surface area contributed by atoms with E-state index in [-0.39, 0.29) is 17.5 Å². The topological polar surface area (TPSA) is 111 Å². The van der Waals surface area contributed by atoms with Crippen molar-refractivity contribution in [2.75, 3.05) is 0 Å². The van der Waals surface area contributed by atoms with Gasteiger partial charge < -0.3 is 15.2 Å². The van der Waals surface area contributed by atoms with Crippen LogP contribution in [0.2, 0.25) is 0 Å². The zero-order chi connectivity index (χ0) is 18.1. The minimum absolute atomic E-state index is 0.0406. The maximum absolute atomic E-state index is 11.7. The predicted molar refractivity (Wildman–Crippen MR) is 89.4 cm³/mol. The minimum Gasteiger partial charge on any atom is -0.545 e. The lowest BCUT2D eigenvalue weighted by molar-refractivity contribution is -0.255. The van der Waals surface area contributed by atoms with Gasteiger partial charge in [0, 0.05) is 17.7 Å². The van der Waals surface area contributed by atoms with Gasteiger partial charge in [-0.25, -0.2) is 5.43 Å². The van der Waals surface area contributed by atoms with Crippen molar-refractivity contribution in [2.45, 2.75) is 13.0 Å². The third-order valence-corrected chi connectivity index (χ3v) is 3.23. The maximum Gasteiger partial charge on any atom is 0.249 e. The number of nitrogens with one attached hydrogen (secondary N) is 2. The molecule has 0 unspecified atom stereocenters. The van der Waals surface area contributed by atoms with E-state index in [1.807, 2.05) is 30.3 Å². The summed E-state index contributed by atoms with van der Waals surface area (Å²) in [5, 5.41) is 17.2. The van der Waals surface area contributed by atoms with Gasteiger partial charge in [0.05, 0.1) is 12.2 Å². The van der Waals surface area contributed by atoms with Crippen LogP contribution in [0.5, 0.6) is 0 Å². The number of carboxylic acid groups (broad SMARTS) is 1. The molecule has 0 spiro atoms. The zero-order valence-corrected chi connectivity index (χ0v) is 13.3. The third kappa shape index (κ3) is 5.91. The van der Waals surface area contributed by atoms with E-state index in [9.17, 15) is 19.5 Å². The molecule has 0 saturated heterocycles. The first-order valence-corrected chi connectivity index (χ1v) is 7.49. The number of rotatable bonds is 7. The molecule has 2 aromatic carbocycles. The fourth-order valence-electron chi connectivity index (χ4n) is 2.01. The van der Waals surface area contributed by atoms with E-state index in [1.54, 1.807) is 12.1 Å². The quantitative estimate of drug-likeness (QED) is 0.427.